The largest absolute Gasteiger partial charge is 0.385 e. The quantitative estimate of drug-likeness (QED) is 0.784. The molecule has 0 radical (unpaired) electrons. The van der Waals surface area contributed by atoms with Crippen LogP contribution in [0, 0.1) is 0 Å². The van der Waals surface area contributed by atoms with Crippen LogP contribution in [0.2, 0.25) is 0 Å². The fraction of sp³-hybridized carbons (Fsp3) is 0.706. The maximum Gasteiger partial charge on any atom is 0.257 e. The lowest BCUT2D eigenvalue weighted by Crippen LogP contribution is -2.46. The molecule has 136 valence electrons. The lowest BCUT2D eigenvalue weighted by molar-refractivity contribution is -0.0882. The summed E-state index contributed by atoms with van der Waals surface area (Å²) < 4.78 is 1.87. The zero-order chi connectivity index (χ0) is 17.4. The highest BCUT2D eigenvalue weighted by atomic mass is 16.7. The van der Waals surface area contributed by atoms with Gasteiger partial charge >= 0.3 is 0 Å². The molecule has 0 atom stereocenters. The van der Waals surface area contributed by atoms with E-state index in [-0.39, 0.29) is 0 Å². The molecule has 1 saturated carbocycles. The zero-order valence-corrected chi connectivity index (χ0v) is 15.4. The Kier molecular flexibility index (Phi) is 4.47. The van der Waals surface area contributed by atoms with Crippen LogP contribution < -0.4 is 9.74 Å². The molecular weight excluding hydrogens is 318 g/mol. The molecule has 8 heteroatoms. The Balaban J connectivity index is 1.66. The summed E-state index contributed by atoms with van der Waals surface area (Å²) in [6.07, 6.45) is 2.37. The SMILES string of the molecule is CCN(CC)c1cc(ON2CCN(C)CC2)nc2nc(C3CC3)nn12. The first kappa shape index (κ1) is 16.5. The van der Waals surface area contributed by atoms with Crippen molar-refractivity contribution in [1.82, 2.24) is 29.5 Å². The van der Waals surface area contributed by atoms with Gasteiger partial charge in [0, 0.05) is 51.3 Å². The summed E-state index contributed by atoms with van der Waals surface area (Å²) in [6, 6.07) is 1.99. The number of aromatic nitrogens is 4. The molecule has 3 heterocycles. The zero-order valence-electron chi connectivity index (χ0n) is 15.4. The molecule has 2 aromatic rings. The molecular formula is C17H27N7O. The fourth-order valence-electron chi connectivity index (χ4n) is 3.19. The van der Waals surface area contributed by atoms with Gasteiger partial charge in [0.05, 0.1) is 0 Å². The molecule has 0 N–H and O–H groups in total. The fourth-order valence-corrected chi connectivity index (χ4v) is 3.19. The van der Waals surface area contributed by atoms with Gasteiger partial charge in [0.25, 0.3) is 5.78 Å². The molecule has 0 spiro atoms. The van der Waals surface area contributed by atoms with Crippen molar-refractivity contribution >= 4 is 11.6 Å². The summed E-state index contributed by atoms with van der Waals surface area (Å²) in [5.74, 6) is 3.66. The molecule has 25 heavy (non-hydrogen) atoms. The van der Waals surface area contributed by atoms with Gasteiger partial charge in [-0.3, -0.25) is 0 Å². The van der Waals surface area contributed by atoms with Gasteiger partial charge in [0.2, 0.25) is 5.88 Å². The second-order valence-electron chi connectivity index (χ2n) is 6.90. The van der Waals surface area contributed by atoms with Crippen LogP contribution in [0.5, 0.6) is 5.88 Å². The van der Waals surface area contributed by atoms with Crippen molar-refractivity contribution in [2.75, 3.05) is 51.2 Å². The second-order valence-corrected chi connectivity index (χ2v) is 6.90. The summed E-state index contributed by atoms with van der Waals surface area (Å²) in [4.78, 5) is 19.9. The van der Waals surface area contributed by atoms with E-state index in [2.05, 4.69) is 40.7 Å². The molecule has 2 fully saturated rings. The third-order valence-corrected chi connectivity index (χ3v) is 5.00. The molecule has 0 aromatic carbocycles. The monoisotopic (exact) mass is 345 g/mol. The van der Waals surface area contributed by atoms with E-state index in [4.69, 9.17) is 9.94 Å². The molecule has 0 unspecified atom stereocenters. The molecule has 4 rings (SSSR count). The summed E-state index contributed by atoms with van der Waals surface area (Å²) in [6.45, 7) is 9.87. The Hall–Kier alpha value is -1.93. The Bertz CT molecular complexity index is 730. The van der Waals surface area contributed by atoms with Crippen LogP contribution in [0.3, 0.4) is 0 Å². The lowest BCUT2D eigenvalue weighted by atomic mass is 10.4. The number of fused-ring (bicyclic) bond motifs is 1. The van der Waals surface area contributed by atoms with Gasteiger partial charge in [-0.1, -0.05) is 0 Å². The molecule has 8 nitrogen and oxygen atoms in total. The smallest absolute Gasteiger partial charge is 0.257 e. The Labute approximate surface area is 148 Å². The molecule has 2 aromatic heterocycles. The number of likely N-dealkylation sites (N-methyl/N-ethyl adjacent to an activating group) is 1. The van der Waals surface area contributed by atoms with Gasteiger partial charge < -0.3 is 14.6 Å². The van der Waals surface area contributed by atoms with Crippen molar-refractivity contribution in [2.24, 2.45) is 0 Å². The molecule has 0 bridgehead atoms. The predicted molar refractivity (Wildman–Crippen MR) is 96.0 cm³/mol. The highest BCUT2D eigenvalue weighted by molar-refractivity contribution is 5.49. The van der Waals surface area contributed by atoms with Gasteiger partial charge in [-0.2, -0.15) is 14.5 Å². The van der Waals surface area contributed by atoms with Crippen molar-refractivity contribution in [3.8, 4) is 5.88 Å². The summed E-state index contributed by atoms with van der Waals surface area (Å²) in [5.41, 5.74) is 0. The minimum absolute atomic E-state index is 0.508. The number of rotatable bonds is 6. The third-order valence-electron chi connectivity index (χ3n) is 5.00. The Morgan fingerprint density at radius 2 is 1.84 bits per heavy atom. The van der Waals surface area contributed by atoms with E-state index in [1.165, 1.54) is 12.8 Å². The van der Waals surface area contributed by atoms with Gasteiger partial charge in [-0.05, 0) is 33.7 Å². The number of hydroxylamine groups is 2. The van der Waals surface area contributed by atoms with E-state index in [0.717, 1.165) is 50.9 Å². The van der Waals surface area contributed by atoms with E-state index in [0.29, 0.717) is 17.6 Å². The van der Waals surface area contributed by atoms with E-state index in [1.807, 2.05) is 15.6 Å². The second kappa shape index (κ2) is 6.76. The van der Waals surface area contributed by atoms with Crippen molar-refractivity contribution in [2.45, 2.75) is 32.6 Å². The average molecular weight is 345 g/mol. The first-order valence-electron chi connectivity index (χ1n) is 9.32. The predicted octanol–water partition coefficient (Wildman–Crippen LogP) is 1.39. The highest BCUT2D eigenvalue weighted by Crippen LogP contribution is 2.38. The van der Waals surface area contributed by atoms with Crippen LogP contribution in [0.15, 0.2) is 6.07 Å². The first-order chi connectivity index (χ1) is 12.2. The number of hydrogen-bond donors (Lipinski definition) is 0. The van der Waals surface area contributed by atoms with E-state index in [1.54, 1.807) is 0 Å². The van der Waals surface area contributed by atoms with Gasteiger partial charge in [-0.15, -0.1) is 10.2 Å². The van der Waals surface area contributed by atoms with E-state index < -0.39 is 0 Å². The van der Waals surface area contributed by atoms with Gasteiger partial charge in [-0.25, -0.2) is 0 Å². The van der Waals surface area contributed by atoms with Gasteiger partial charge in [0.1, 0.15) is 5.82 Å². The lowest BCUT2D eigenvalue weighted by Gasteiger charge is -2.31. The van der Waals surface area contributed by atoms with Crippen LogP contribution in [-0.2, 0) is 0 Å². The topological polar surface area (TPSA) is 62.0 Å². The molecule has 0 amide bonds. The van der Waals surface area contributed by atoms with E-state index in [9.17, 15) is 0 Å². The van der Waals surface area contributed by atoms with Crippen LogP contribution >= 0.6 is 0 Å². The minimum Gasteiger partial charge on any atom is -0.385 e. The third kappa shape index (κ3) is 3.41. The molecule has 1 aliphatic heterocycles. The molecule has 2 aliphatic rings. The molecule has 1 saturated heterocycles. The standard InChI is InChI=1S/C17H27N7O/c1-4-22(5-2)15-12-14(25-23-10-8-21(3)9-11-23)18-17-19-16(13-6-7-13)20-24(15)17/h12-13H,4-11H2,1-3H3. The number of hydrogen-bond acceptors (Lipinski definition) is 7. The normalized spacial score (nSPS) is 19.5. The summed E-state index contributed by atoms with van der Waals surface area (Å²) in [7, 11) is 2.13. The minimum atomic E-state index is 0.508. The van der Waals surface area contributed by atoms with Crippen molar-refractivity contribution < 1.29 is 4.84 Å². The number of nitrogens with zero attached hydrogens (tertiary/aromatic N) is 7. The Morgan fingerprint density at radius 1 is 1.12 bits per heavy atom. The number of piperazine rings is 1. The van der Waals surface area contributed by atoms with Crippen LogP contribution in [0.4, 0.5) is 5.82 Å². The van der Waals surface area contributed by atoms with Crippen LogP contribution in [0.25, 0.3) is 5.78 Å². The van der Waals surface area contributed by atoms with Crippen molar-refractivity contribution in [1.29, 1.82) is 0 Å². The van der Waals surface area contributed by atoms with Crippen LogP contribution in [0.1, 0.15) is 38.4 Å². The highest BCUT2D eigenvalue weighted by Gasteiger charge is 2.29. The summed E-state index contributed by atoms with van der Waals surface area (Å²) in [5, 5.41) is 6.70. The molecule has 1 aliphatic carbocycles. The van der Waals surface area contributed by atoms with E-state index >= 15 is 0 Å². The van der Waals surface area contributed by atoms with Crippen LogP contribution in [-0.4, -0.2) is 75.9 Å². The average Bonchev–Trinajstić information content (AvgIpc) is 3.38. The van der Waals surface area contributed by atoms with Crippen molar-refractivity contribution in [3.63, 3.8) is 0 Å². The Morgan fingerprint density at radius 3 is 2.48 bits per heavy atom. The first-order valence-corrected chi connectivity index (χ1v) is 9.32. The maximum atomic E-state index is 6.06. The number of anilines is 1. The van der Waals surface area contributed by atoms with Gasteiger partial charge in [0.15, 0.2) is 5.82 Å². The summed E-state index contributed by atoms with van der Waals surface area (Å²) >= 11 is 0. The van der Waals surface area contributed by atoms with Crippen molar-refractivity contribution in [3.05, 3.63) is 11.9 Å². The maximum absolute atomic E-state index is 6.06.